The molecular formula is C52H62N6O9. The predicted molar refractivity (Wildman–Crippen MR) is 256 cm³/mol. The van der Waals surface area contributed by atoms with Gasteiger partial charge in [0, 0.05) is 12.8 Å². The molecule has 0 aliphatic rings. The first-order valence-corrected chi connectivity index (χ1v) is 22.1. The Hall–Kier alpha value is -7.55. The molecule has 67 heavy (non-hydrogen) atoms. The Morgan fingerprint density at radius 1 is 0.507 bits per heavy atom. The SMILES string of the molecule is COC(=O)[C@@H](NC(=O)C(=Cc1ccccc1)NC(=O)[C@H](Cc1ccccc1)NC(=O)[C@@H](NC(=O)C(=Cc1ccccc1)NC(=O)[C@H](Cc1ccccc1)NC(=O)OC(C)(C)C)C(C)C)C(C)C. The van der Waals surface area contributed by atoms with Gasteiger partial charge in [0.2, 0.25) is 17.7 Å². The molecule has 0 aliphatic carbocycles. The largest absolute Gasteiger partial charge is 0.467 e. The summed E-state index contributed by atoms with van der Waals surface area (Å²) in [5, 5.41) is 16.2. The lowest BCUT2D eigenvalue weighted by Crippen LogP contribution is -2.57. The number of methoxy groups -OCH3 is 1. The van der Waals surface area contributed by atoms with Crippen LogP contribution >= 0.6 is 0 Å². The van der Waals surface area contributed by atoms with E-state index in [1.165, 1.54) is 19.3 Å². The van der Waals surface area contributed by atoms with Crippen LogP contribution in [0.25, 0.3) is 12.2 Å². The average molecular weight is 915 g/mol. The molecule has 15 heteroatoms. The van der Waals surface area contributed by atoms with Gasteiger partial charge in [-0.3, -0.25) is 24.0 Å². The van der Waals surface area contributed by atoms with Gasteiger partial charge in [0.15, 0.2) is 0 Å². The number of amides is 6. The number of carbonyl (C=O) groups excluding carboxylic acids is 7. The second kappa shape index (κ2) is 25.2. The second-order valence-electron chi connectivity index (χ2n) is 17.5. The number of hydrogen-bond donors (Lipinski definition) is 6. The maximum Gasteiger partial charge on any atom is 0.408 e. The summed E-state index contributed by atoms with van der Waals surface area (Å²) in [6, 6.07) is 30.6. The van der Waals surface area contributed by atoms with Gasteiger partial charge in [-0.2, -0.15) is 0 Å². The number of ether oxygens (including phenoxy) is 2. The fraction of sp³-hybridized carbons (Fsp3) is 0.327. The topological polar surface area (TPSA) is 210 Å². The third kappa shape index (κ3) is 17.4. The number of benzene rings is 4. The van der Waals surface area contributed by atoms with Crippen molar-refractivity contribution in [2.45, 2.75) is 91.1 Å². The van der Waals surface area contributed by atoms with E-state index in [-0.39, 0.29) is 30.2 Å². The predicted octanol–water partition coefficient (Wildman–Crippen LogP) is 5.62. The molecule has 4 aromatic carbocycles. The molecule has 4 atom stereocenters. The summed E-state index contributed by atoms with van der Waals surface area (Å²) in [5.74, 6) is -5.42. The molecule has 0 aliphatic heterocycles. The Kier molecular flexibility index (Phi) is 19.6. The van der Waals surface area contributed by atoms with Crippen LogP contribution in [0.4, 0.5) is 4.79 Å². The first-order valence-electron chi connectivity index (χ1n) is 22.1. The van der Waals surface area contributed by atoms with Gasteiger partial charge in [-0.15, -0.1) is 0 Å². The van der Waals surface area contributed by atoms with Crippen LogP contribution in [0.3, 0.4) is 0 Å². The fourth-order valence-corrected chi connectivity index (χ4v) is 6.62. The third-order valence-corrected chi connectivity index (χ3v) is 10.1. The van der Waals surface area contributed by atoms with Crippen molar-refractivity contribution in [1.29, 1.82) is 0 Å². The van der Waals surface area contributed by atoms with Gasteiger partial charge in [-0.05, 0) is 67.0 Å². The van der Waals surface area contributed by atoms with E-state index in [2.05, 4.69) is 31.9 Å². The minimum Gasteiger partial charge on any atom is -0.467 e. The first kappa shape index (κ1) is 52.1. The van der Waals surface area contributed by atoms with Crippen LogP contribution in [0.5, 0.6) is 0 Å². The van der Waals surface area contributed by atoms with Crippen molar-refractivity contribution in [3.05, 3.63) is 155 Å². The quantitative estimate of drug-likeness (QED) is 0.0480. The molecule has 6 N–H and O–H groups in total. The minimum absolute atomic E-state index is 0.0170. The normalized spacial score (nSPS) is 13.5. The summed E-state index contributed by atoms with van der Waals surface area (Å²) >= 11 is 0. The van der Waals surface area contributed by atoms with E-state index < -0.39 is 77.3 Å². The smallest absolute Gasteiger partial charge is 0.408 e. The van der Waals surface area contributed by atoms with Gasteiger partial charge in [0.1, 0.15) is 41.2 Å². The van der Waals surface area contributed by atoms with Gasteiger partial charge in [0.05, 0.1) is 7.11 Å². The van der Waals surface area contributed by atoms with Crippen LogP contribution < -0.4 is 31.9 Å². The summed E-state index contributed by atoms with van der Waals surface area (Å²) in [5.41, 5.74) is 1.23. The monoisotopic (exact) mass is 914 g/mol. The fourth-order valence-electron chi connectivity index (χ4n) is 6.62. The molecule has 0 spiro atoms. The average Bonchev–Trinajstić information content (AvgIpc) is 3.29. The molecule has 0 unspecified atom stereocenters. The molecule has 0 saturated heterocycles. The Labute approximate surface area is 392 Å². The summed E-state index contributed by atoms with van der Waals surface area (Å²) < 4.78 is 10.4. The summed E-state index contributed by atoms with van der Waals surface area (Å²) in [6.45, 7) is 11.9. The zero-order valence-electron chi connectivity index (χ0n) is 39.3. The van der Waals surface area contributed by atoms with Gasteiger partial charge in [-0.25, -0.2) is 9.59 Å². The van der Waals surface area contributed by atoms with Crippen molar-refractivity contribution in [3.63, 3.8) is 0 Å². The van der Waals surface area contributed by atoms with Gasteiger partial charge in [-0.1, -0.05) is 149 Å². The lowest BCUT2D eigenvalue weighted by Gasteiger charge is -2.27. The van der Waals surface area contributed by atoms with Crippen LogP contribution in [0, 0.1) is 11.8 Å². The Morgan fingerprint density at radius 3 is 1.25 bits per heavy atom. The number of rotatable bonds is 20. The molecule has 0 bridgehead atoms. The standard InChI is InChI=1S/C52H62N6O9/c1-33(2)43(57-47(61)40(30-36-23-15-10-16-24-36)54-46(60)42(32-38-27-19-12-20-28-38)56-51(65)67-52(5,6)7)49(63)55-39(29-35-21-13-9-14-22-35)45(59)53-41(31-37-25-17-11-18-26-37)48(62)58-44(34(3)4)50(64)66-8/h9-28,30-31,33-34,39,42-44H,29,32H2,1-8H3,(H,53,59)(H,54,60)(H,55,63)(H,56,65)(H,57,61)(H,58,62)/t39-,42-,43-,44-/m0/s1. The van der Waals surface area contributed by atoms with E-state index in [1.54, 1.807) is 164 Å². The van der Waals surface area contributed by atoms with Crippen molar-refractivity contribution in [1.82, 2.24) is 31.9 Å². The molecule has 0 radical (unpaired) electrons. The Bertz CT molecular complexity index is 2360. The van der Waals surface area contributed by atoms with Crippen LogP contribution in [0.1, 0.15) is 70.7 Å². The van der Waals surface area contributed by atoms with E-state index in [0.717, 1.165) is 5.56 Å². The molecule has 4 rings (SSSR count). The lowest BCUT2D eigenvalue weighted by atomic mass is 10.0. The second-order valence-corrected chi connectivity index (χ2v) is 17.5. The minimum atomic E-state index is -1.29. The molecule has 0 heterocycles. The van der Waals surface area contributed by atoms with E-state index in [9.17, 15) is 33.6 Å². The molecule has 15 nitrogen and oxygen atoms in total. The third-order valence-electron chi connectivity index (χ3n) is 10.1. The Balaban J connectivity index is 1.66. The van der Waals surface area contributed by atoms with Crippen LogP contribution in [-0.2, 0) is 51.1 Å². The number of hydrogen-bond acceptors (Lipinski definition) is 9. The zero-order valence-corrected chi connectivity index (χ0v) is 39.3. The highest BCUT2D eigenvalue weighted by Gasteiger charge is 2.33. The molecular weight excluding hydrogens is 853 g/mol. The maximum atomic E-state index is 14.4. The highest BCUT2D eigenvalue weighted by atomic mass is 16.6. The van der Waals surface area contributed by atoms with Gasteiger partial charge < -0.3 is 41.4 Å². The van der Waals surface area contributed by atoms with E-state index in [4.69, 9.17) is 9.47 Å². The van der Waals surface area contributed by atoms with E-state index in [0.29, 0.717) is 16.7 Å². The van der Waals surface area contributed by atoms with Crippen LogP contribution in [-0.4, -0.2) is 78.5 Å². The van der Waals surface area contributed by atoms with E-state index in [1.807, 2.05) is 6.07 Å². The Morgan fingerprint density at radius 2 is 0.881 bits per heavy atom. The zero-order chi connectivity index (χ0) is 49.1. The van der Waals surface area contributed by atoms with Gasteiger partial charge in [0.25, 0.3) is 11.8 Å². The molecule has 0 fully saturated rings. The number of alkyl carbamates (subject to hydrolysis) is 1. The van der Waals surface area contributed by atoms with E-state index >= 15 is 0 Å². The molecule has 0 saturated carbocycles. The number of carbonyl (C=O) groups is 7. The first-order chi connectivity index (χ1) is 31.8. The highest BCUT2D eigenvalue weighted by molar-refractivity contribution is 6.06. The van der Waals surface area contributed by atoms with Crippen molar-refractivity contribution in [3.8, 4) is 0 Å². The lowest BCUT2D eigenvalue weighted by molar-refractivity contribution is -0.146. The molecule has 354 valence electrons. The summed E-state index contributed by atoms with van der Waals surface area (Å²) in [6.07, 6.45) is 2.09. The summed E-state index contributed by atoms with van der Waals surface area (Å²) in [7, 11) is 1.21. The van der Waals surface area contributed by atoms with Crippen molar-refractivity contribution in [2.24, 2.45) is 11.8 Å². The maximum absolute atomic E-state index is 14.4. The van der Waals surface area contributed by atoms with Crippen LogP contribution in [0.2, 0.25) is 0 Å². The molecule has 6 amide bonds. The van der Waals surface area contributed by atoms with Crippen molar-refractivity contribution >= 4 is 53.8 Å². The molecule has 0 aromatic heterocycles. The van der Waals surface area contributed by atoms with Crippen LogP contribution in [0.15, 0.2) is 133 Å². The highest BCUT2D eigenvalue weighted by Crippen LogP contribution is 2.14. The number of nitrogens with one attached hydrogen (secondary N) is 6. The molecule has 4 aromatic rings. The van der Waals surface area contributed by atoms with Crippen molar-refractivity contribution in [2.75, 3.05) is 7.11 Å². The van der Waals surface area contributed by atoms with Gasteiger partial charge >= 0.3 is 12.1 Å². The summed E-state index contributed by atoms with van der Waals surface area (Å²) in [4.78, 5) is 96.7. The van der Waals surface area contributed by atoms with Crippen molar-refractivity contribution < 1.29 is 43.0 Å². The number of esters is 1.